The van der Waals surface area contributed by atoms with Crippen molar-refractivity contribution in [3.63, 3.8) is 0 Å². The van der Waals surface area contributed by atoms with E-state index in [0.29, 0.717) is 21.5 Å². The summed E-state index contributed by atoms with van der Waals surface area (Å²) in [6, 6.07) is 12.6. The van der Waals surface area contributed by atoms with Crippen LogP contribution in [0.15, 0.2) is 46.9 Å². The number of halogens is 1. The van der Waals surface area contributed by atoms with Crippen molar-refractivity contribution in [1.29, 1.82) is 0 Å². The number of carbonyl (C=O) groups excluding carboxylic acids is 1. The van der Waals surface area contributed by atoms with E-state index < -0.39 is 0 Å². The highest BCUT2D eigenvalue weighted by molar-refractivity contribution is 9.10. The molecular formula is C15H14BrNO3. The highest BCUT2D eigenvalue weighted by Gasteiger charge is 2.17. The molecule has 20 heavy (non-hydrogen) atoms. The van der Waals surface area contributed by atoms with Crippen LogP contribution in [-0.4, -0.2) is 20.1 Å². The summed E-state index contributed by atoms with van der Waals surface area (Å²) < 4.78 is 11.1. The first kappa shape index (κ1) is 14.4. The molecular weight excluding hydrogens is 322 g/mol. The third-order valence-electron chi connectivity index (χ3n) is 2.73. The SMILES string of the molecule is COc1cc(Br)c(OC)c(C(=O)Nc2ccccc2)c1. The topological polar surface area (TPSA) is 47.6 Å². The van der Waals surface area contributed by atoms with Crippen molar-refractivity contribution in [2.45, 2.75) is 0 Å². The number of benzene rings is 2. The molecule has 0 unspecified atom stereocenters. The van der Waals surface area contributed by atoms with Crippen LogP contribution < -0.4 is 14.8 Å². The van der Waals surface area contributed by atoms with Crippen molar-refractivity contribution in [1.82, 2.24) is 0 Å². The quantitative estimate of drug-likeness (QED) is 0.926. The number of rotatable bonds is 4. The summed E-state index contributed by atoms with van der Waals surface area (Å²) in [6.45, 7) is 0. The van der Waals surface area contributed by atoms with Gasteiger partial charge in [0.2, 0.25) is 0 Å². The molecule has 0 aromatic heterocycles. The number of hydrogen-bond acceptors (Lipinski definition) is 3. The number of nitrogens with one attached hydrogen (secondary N) is 1. The van der Waals surface area contributed by atoms with Gasteiger partial charge in [-0.05, 0) is 40.2 Å². The molecule has 0 radical (unpaired) electrons. The molecule has 104 valence electrons. The maximum atomic E-state index is 12.3. The minimum atomic E-state index is -0.257. The number of hydrogen-bond donors (Lipinski definition) is 1. The Bertz CT molecular complexity index is 614. The van der Waals surface area contributed by atoms with Gasteiger partial charge in [0.25, 0.3) is 5.91 Å². The van der Waals surface area contributed by atoms with E-state index in [1.165, 1.54) is 7.11 Å². The van der Waals surface area contributed by atoms with E-state index in [2.05, 4.69) is 21.2 Å². The fourth-order valence-corrected chi connectivity index (χ4v) is 2.38. The maximum Gasteiger partial charge on any atom is 0.259 e. The number of para-hydroxylation sites is 1. The summed E-state index contributed by atoms with van der Waals surface area (Å²) in [4.78, 5) is 12.3. The first-order chi connectivity index (χ1) is 9.65. The molecule has 0 saturated carbocycles. The summed E-state index contributed by atoms with van der Waals surface area (Å²) >= 11 is 3.37. The third kappa shape index (κ3) is 3.11. The zero-order valence-electron chi connectivity index (χ0n) is 11.1. The zero-order chi connectivity index (χ0) is 14.5. The molecule has 0 bridgehead atoms. The third-order valence-corrected chi connectivity index (χ3v) is 3.32. The highest BCUT2D eigenvalue weighted by Crippen LogP contribution is 2.34. The molecule has 1 amide bonds. The van der Waals surface area contributed by atoms with Crippen molar-refractivity contribution in [3.8, 4) is 11.5 Å². The van der Waals surface area contributed by atoms with Gasteiger partial charge in [0, 0.05) is 5.69 Å². The Morgan fingerprint density at radius 1 is 1.10 bits per heavy atom. The number of methoxy groups -OCH3 is 2. The fraction of sp³-hybridized carbons (Fsp3) is 0.133. The molecule has 5 heteroatoms. The van der Waals surface area contributed by atoms with Crippen LogP contribution in [0, 0.1) is 0 Å². The van der Waals surface area contributed by atoms with Gasteiger partial charge in [-0.15, -0.1) is 0 Å². The van der Waals surface area contributed by atoms with Crippen LogP contribution in [-0.2, 0) is 0 Å². The molecule has 4 nitrogen and oxygen atoms in total. The summed E-state index contributed by atoms with van der Waals surface area (Å²) in [5, 5.41) is 2.82. The molecule has 1 N–H and O–H groups in total. The van der Waals surface area contributed by atoms with E-state index >= 15 is 0 Å². The van der Waals surface area contributed by atoms with Gasteiger partial charge in [-0.1, -0.05) is 18.2 Å². The monoisotopic (exact) mass is 335 g/mol. The van der Waals surface area contributed by atoms with Crippen LogP contribution in [0.3, 0.4) is 0 Å². The Labute approximate surface area is 125 Å². The summed E-state index contributed by atoms with van der Waals surface area (Å²) in [6.07, 6.45) is 0. The Morgan fingerprint density at radius 3 is 2.40 bits per heavy atom. The molecule has 0 atom stereocenters. The van der Waals surface area contributed by atoms with Crippen molar-refractivity contribution in [3.05, 3.63) is 52.5 Å². The molecule has 0 saturated heterocycles. The largest absolute Gasteiger partial charge is 0.497 e. The zero-order valence-corrected chi connectivity index (χ0v) is 12.7. The van der Waals surface area contributed by atoms with Gasteiger partial charge in [0.15, 0.2) is 0 Å². The van der Waals surface area contributed by atoms with Crippen molar-refractivity contribution >= 4 is 27.5 Å². The van der Waals surface area contributed by atoms with Crippen LogP contribution in [0.25, 0.3) is 0 Å². The van der Waals surface area contributed by atoms with E-state index in [-0.39, 0.29) is 5.91 Å². The second kappa shape index (κ2) is 6.43. The summed E-state index contributed by atoms with van der Waals surface area (Å²) in [5.41, 5.74) is 1.13. The molecule has 2 rings (SSSR count). The van der Waals surface area contributed by atoms with E-state index in [9.17, 15) is 4.79 Å². The summed E-state index contributed by atoms with van der Waals surface area (Å²) in [7, 11) is 3.07. The van der Waals surface area contributed by atoms with Crippen LogP contribution >= 0.6 is 15.9 Å². The van der Waals surface area contributed by atoms with Gasteiger partial charge in [-0.2, -0.15) is 0 Å². The van der Waals surface area contributed by atoms with E-state index in [1.54, 1.807) is 19.2 Å². The smallest absolute Gasteiger partial charge is 0.259 e. The predicted octanol–water partition coefficient (Wildman–Crippen LogP) is 3.72. The highest BCUT2D eigenvalue weighted by atomic mass is 79.9. The minimum absolute atomic E-state index is 0.257. The predicted molar refractivity (Wildman–Crippen MR) is 81.6 cm³/mol. The lowest BCUT2D eigenvalue weighted by atomic mass is 10.1. The first-order valence-corrected chi connectivity index (χ1v) is 6.73. The van der Waals surface area contributed by atoms with E-state index in [0.717, 1.165) is 5.69 Å². The number of ether oxygens (including phenoxy) is 2. The van der Waals surface area contributed by atoms with Gasteiger partial charge >= 0.3 is 0 Å². The lowest BCUT2D eigenvalue weighted by molar-refractivity contribution is 0.102. The minimum Gasteiger partial charge on any atom is -0.497 e. The Morgan fingerprint density at radius 2 is 1.80 bits per heavy atom. The van der Waals surface area contributed by atoms with Crippen LogP contribution in [0.4, 0.5) is 5.69 Å². The van der Waals surface area contributed by atoms with Crippen LogP contribution in [0.5, 0.6) is 11.5 Å². The molecule has 0 spiro atoms. The number of amides is 1. The van der Waals surface area contributed by atoms with Gasteiger partial charge in [0.05, 0.1) is 24.3 Å². The van der Waals surface area contributed by atoms with Crippen LogP contribution in [0.1, 0.15) is 10.4 Å². The molecule has 0 aliphatic carbocycles. The first-order valence-electron chi connectivity index (χ1n) is 5.93. The number of carbonyl (C=O) groups is 1. The Hall–Kier alpha value is -2.01. The lowest BCUT2D eigenvalue weighted by Gasteiger charge is -2.12. The van der Waals surface area contributed by atoms with Gasteiger partial charge in [-0.3, -0.25) is 4.79 Å². The normalized spacial score (nSPS) is 9.95. The second-order valence-electron chi connectivity index (χ2n) is 4.01. The van der Waals surface area contributed by atoms with Crippen LogP contribution in [0.2, 0.25) is 0 Å². The molecule has 0 aliphatic rings. The summed E-state index contributed by atoms with van der Waals surface area (Å²) in [5.74, 6) is 0.794. The van der Waals surface area contributed by atoms with Gasteiger partial charge in [-0.25, -0.2) is 0 Å². The fourth-order valence-electron chi connectivity index (χ4n) is 1.78. The average molecular weight is 336 g/mol. The molecule has 0 heterocycles. The van der Waals surface area contributed by atoms with Gasteiger partial charge in [0.1, 0.15) is 11.5 Å². The standard InChI is InChI=1S/C15H14BrNO3/c1-19-11-8-12(14(20-2)13(16)9-11)15(18)17-10-6-4-3-5-7-10/h3-9H,1-2H3,(H,17,18). The maximum absolute atomic E-state index is 12.3. The van der Waals surface area contributed by atoms with E-state index in [4.69, 9.17) is 9.47 Å². The number of anilines is 1. The van der Waals surface area contributed by atoms with Crippen molar-refractivity contribution < 1.29 is 14.3 Å². The molecule has 0 aliphatic heterocycles. The van der Waals surface area contributed by atoms with Crippen molar-refractivity contribution in [2.75, 3.05) is 19.5 Å². The molecule has 2 aromatic carbocycles. The molecule has 0 fully saturated rings. The average Bonchev–Trinajstić information content (AvgIpc) is 2.47. The lowest BCUT2D eigenvalue weighted by Crippen LogP contribution is -2.13. The Balaban J connectivity index is 2.35. The second-order valence-corrected chi connectivity index (χ2v) is 4.86. The Kier molecular flexibility index (Phi) is 4.63. The van der Waals surface area contributed by atoms with E-state index in [1.807, 2.05) is 30.3 Å². The molecule has 2 aromatic rings. The van der Waals surface area contributed by atoms with Gasteiger partial charge < -0.3 is 14.8 Å². The van der Waals surface area contributed by atoms with Crippen molar-refractivity contribution in [2.24, 2.45) is 0 Å².